The number of aliphatic hydroxyl groups is 1. The average Bonchev–Trinajstić information content (AvgIpc) is 2.81. The van der Waals surface area contributed by atoms with Crippen molar-refractivity contribution in [3.8, 4) is 0 Å². The topological polar surface area (TPSA) is 93.2 Å². The van der Waals surface area contributed by atoms with Gasteiger partial charge in [-0.1, -0.05) is 0 Å². The Morgan fingerprint density at radius 1 is 1.63 bits per heavy atom. The van der Waals surface area contributed by atoms with E-state index in [0.717, 1.165) is 36.9 Å². The number of carbonyl (C=O) groups is 1. The fraction of sp³-hybridized carbons (Fsp3) is 0.692. The second-order valence-electron chi connectivity index (χ2n) is 4.90. The molecule has 1 aliphatic rings. The third-order valence-electron chi connectivity index (χ3n) is 3.52. The molecule has 0 saturated heterocycles. The van der Waals surface area contributed by atoms with E-state index in [1.54, 1.807) is 0 Å². The van der Waals surface area contributed by atoms with Crippen LogP contribution in [-0.2, 0) is 17.8 Å². The van der Waals surface area contributed by atoms with Crippen molar-refractivity contribution in [2.45, 2.75) is 44.7 Å². The number of hydrogen-bond acceptors (Lipinski definition) is 4. The first kappa shape index (κ1) is 14.0. The summed E-state index contributed by atoms with van der Waals surface area (Å²) in [4.78, 5) is 11.8. The van der Waals surface area contributed by atoms with E-state index in [9.17, 15) is 4.79 Å². The van der Waals surface area contributed by atoms with Crippen molar-refractivity contribution in [2.75, 3.05) is 13.2 Å². The molecule has 106 valence electrons. The van der Waals surface area contributed by atoms with Gasteiger partial charge >= 0.3 is 0 Å². The van der Waals surface area contributed by atoms with Gasteiger partial charge in [-0.05, 0) is 32.2 Å². The molecule has 6 heteroatoms. The summed E-state index contributed by atoms with van der Waals surface area (Å²) in [5, 5.41) is 16.4. The smallest absolute Gasteiger partial charge is 0.220 e. The minimum atomic E-state index is 0.0539. The molecule has 1 aromatic rings. The summed E-state index contributed by atoms with van der Waals surface area (Å²) in [5.41, 5.74) is 7.65. The van der Waals surface area contributed by atoms with Crippen LogP contribution in [0, 0.1) is 0 Å². The first-order valence-electron chi connectivity index (χ1n) is 6.91. The maximum absolute atomic E-state index is 11.8. The van der Waals surface area contributed by atoms with Gasteiger partial charge in [0.15, 0.2) is 0 Å². The zero-order valence-electron chi connectivity index (χ0n) is 11.1. The van der Waals surface area contributed by atoms with Crippen molar-refractivity contribution in [3.05, 3.63) is 17.5 Å². The first-order valence-corrected chi connectivity index (χ1v) is 6.91. The van der Waals surface area contributed by atoms with Crippen LogP contribution in [0.25, 0.3) is 0 Å². The lowest BCUT2D eigenvalue weighted by Crippen LogP contribution is -2.31. The summed E-state index contributed by atoms with van der Waals surface area (Å²) in [7, 11) is 0. The predicted molar refractivity (Wildman–Crippen MR) is 71.4 cm³/mol. The molecule has 1 unspecified atom stereocenters. The quantitative estimate of drug-likeness (QED) is 0.681. The Kier molecular flexibility index (Phi) is 4.93. The number of aromatic nitrogens is 2. The Morgan fingerprint density at radius 2 is 2.47 bits per heavy atom. The van der Waals surface area contributed by atoms with E-state index in [0.29, 0.717) is 19.5 Å². The number of nitrogens with zero attached hydrogens (tertiary/aromatic N) is 2. The zero-order valence-corrected chi connectivity index (χ0v) is 11.1. The van der Waals surface area contributed by atoms with Crippen molar-refractivity contribution in [1.29, 1.82) is 0 Å². The highest BCUT2D eigenvalue weighted by atomic mass is 16.3. The van der Waals surface area contributed by atoms with Gasteiger partial charge in [-0.2, -0.15) is 5.10 Å². The zero-order chi connectivity index (χ0) is 13.7. The Morgan fingerprint density at radius 3 is 3.21 bits per heavy atom. The molecule has 0 fully saturated rings. The Bertz CT molecular complexity index is 430. The van der Waals surface area contributed by atoms with Gasteiger partial charge in [0.25, 0.3) is 0 Å². The molecule has 0 aliphatic heterocycles. The Hall–Kier alpha value is -1.40. The van der Waals surface area contributed by atoms with Gasteiger partial charge in [-0.15, -0.1) is 0 Å². The molecule has 0 spiro atoms. The Labute approximate surface area is 113 Å². The molecule has 0 bridgehead atoms. The van der Waals surface area contributed by atoms with E-state index in [4.69, 9.17) is 10.8 Å². The van der Waals surface area contributed by atoms with Gasteiger partial charge in [0.1, 0.15) is 0 Å². The molecule has 4 N–H and O–H groups in total. The van der Waals surface area contributed by atoms with Crippen LogP contribution in [0.2, 0.25) is 0 Å². The summed E-state index contributed by atoms with van der Waals surface area (Å²) in [6.07, 6.45) is 5.96. The first-order chi connectivity index (χ1) is 9.26. The second-order valence-corrected chi connectivity index (χ2v) is 4.90. The highest BCUT2D eigenvalue weighted by Crippen LogP contribution is 2.29. The van der Waals surface area contributed by atoms with E-state index in [2.05, 4.69) is 10.4 Å². The van der Waals surface area contributed by atoms with Crippen LogP contribution in [0.5, 0.6) is 0 Å². The van der Waals surface area contributed by atoms with E-state index in [-0.39, 0.29) is 18.6 Å². The summed E-state index contributed by atoms with van der Waals surface area (Å²) < 4.78 is 1.84. The van der Waals surface area contributed by atoms with Crippen LogP contribution in [0.4, 0.5) is 0 Å². The Balaban J connectivity index is 2.03. The maximum atomic E-state index is 11.8. The molecular weight excluding hydrogens is 244 g/mol. The van der Waals surface area contributed by atoms with Crippen LogP contribution in [0.15, 0.2) is 6.20 Å². The summed E-state index contributed by atoms with van der Waals surface area (Å²) in [6, 6.07) is 0.0569. The molecule has 1 heterocycles. The number of nitrogens with one attached hydrogen (secondary N) is 1. The van der Waals surface area contributed by atoms with Gasteiger partial charge < -0.3 is 16.2 Å². The van der Waals surface area contributed by atoms with Gasteiger partial charge in [0, 0.05) is 17.7 Å². The highest BCUT2D eigenvalue weighted by molar-refractivity contribution is 5.76. The van der Waals surface area contributed by atoms with E-state index in [1.165, 1.54) is 0 Å². The van der Waals surface area contributed by atoms with Crippen LogP contribution in [0.3, 0.4) is 0 Å². The third-order valence-corrected chi connectivity index (χ3v) is 3.52. The van der Waals surface area contributed by atoms with Crippen LogP contribution >= 0.6 is 0 Å². The molecule has 1 aromatic heterocycles. The lowest BCUT2D eigenvalue weighted by Gasteiger charge is -2.24. The largest absolute Gasteiger partial charge is 0.394 e. The summed E-state index contributed by atoms with van der Waals surface area (Å²) in [5.74, 6) is 0.0539. The fourth-order valence-electron chi connectivity index (χ4n) is 2.59. The summed E-state index contributed by atoms with van der Waals surface area (Å²) in [6.45, 7) is 1.14. The minimum absolute atomic E-state index is 0.0539. The number of nitrogens with two attached hydrogens (primary N) is 1. The number of hydrogen-bond donors (Lipinski definition) is 3. The molecule has 0 radical (unpaired) electrons. The molecule has 0 aromatic carbocycles. The van der Waals surface area contributed by atoms with Crippen LogP contribution in [0.1, 0.15) is 43.0 Å². The van der Waals surface area contributed by atoms with Gasteiger partial charge in [-0.25, -0.2) is 0 Å². The van der Waals surface area contributed by atoms with E-state index in [1.807, 2.05) is 10.9 Å². The fourth-order valence-corrected chi connectivity index (χ4v) is 2.59. The maximum Gasteiger partial charge on any atom is 0.220 e. The molecular formula is C13H22N4O2. The monoisotopic (exact) mass is 266 g/mol. The van der Waals surface area contributed by atoms with E-state index < -0.39 is 0 Å². The van der Waals surface area contributed by atoms with Gasteiger partial charge in [-0.3, -0.25) is 9.48 Å². The molecule has 1 amide bonds. The SMILES string of the molecule is NCCCC(=O)NC1CCCc2c1cnn2CCO. The number of rotatable bonds is 6. The molecule has 6 nitrogen and oxygen atoms in total. The van der Waals surface area contributed by atoms with Crippen molar-refractivity contribution in [2.24, 2.45) is 5.73 Å². The number of aliphatic hydroxyl groups excluding tert-OH is 1. The number of carbonyl (C=O) groups excluding carboxylic acids is 1. The summed E-state index contributed by atoms with van der Waals surface area (Å²) >= 11 is 0. The number of fused-ring (bicyclic) bond motifs is 1. The standard InChI is InChI=1S/C13H22N4O2/c14-6-2-5-13(19)16-11-3-1-4-12-10(11)9-15-17(12)7-8-18/h9,11,18H,1-8,14H2,(H,16,19). The van der Waals surface area contributed by atoms with Crippen molar-refractivity contribution in [1.82, 2.24) is 15.1 Å². The molecule has 1 aliphatic carbocycles. The molecule has 19 heavy (non-hydrogen) atoms. The predicted octanol–water partition coefficient (Wildman–Crippen LogP) is 0.108. The molecule has 1 atom stereocenters. The minimum Gasteiger partial charge on any atom is -0.394 e. The van der Waals surface area contributed by atoms with Crippen LogP contribution in [-0.4, -0.2) is 33.9 Å². The van der Waals surface area contributed by atoms with Crippen molar-refractivity contribution >= 4 is 5.91 Å². The van der Waals surface area contributed by atoms with E-state index >= 15 is 0 Å². The van der Waals surface area contributed by atoms with Crippen molar-refractivity contribution in [3.63, 3.8) is 0 Å². The lowest BCUT2D eigenvalue weighted by molar-refractivity contribution is -0.122. The highest BCUT2D eigenvalue weighted by Gasteiger charge is 2.25. The van der Waals surface area contributed by atoms with Gasteiger partial charge in [0.2, 0.25) is 5.91 Å². The number of amides is 1. The van der Waals surface area contributed by atoms with Crippen molar-refractivity contribution < 1.29 is 9.90 Å². The van der Waals surface area contributed by atoms with Gasteiger partial charge in [0.05, 0.1) is 25.4 Å². The average molecular weight is 266 g/mol. The lowest BCUT2D eigenvalue weighted by atomic mass is 9.93. The second kappa shape index (κ2) is 6.68. The normalized spacial score (nSPS) is 18.1. The molecule has 2 rings (SSSR count). The molecule has 0 saturated carbocycles. The van der Waals surface area contributed by atoms with Crippen LogP contribution < -0.4 is 11.1 Å². The third kappa shape index (κ3) is 3.33.